The lowest BCUT2D eigenvalue weighted by molar-refractivity contribution is 0.0954. The summed E-state index contributed by atoms with van der Waals surface area (Å²) in [5, 5.41) is 9.01. The van der Waals surface area contributed by atoms with Crippen LogP contribution in [0.1, 0.15) is 20.9 Å². The highest BCUT2D eigenvalue weighted by atomic mass is 32.1. The predicted octanol–water partition coefficient (Wildman–Crippen LogP) is 1.73. The molecule has 0 atom stereocenters. The molecule has 2 heterocycles. The Morgan fingerprint density at radius 3 is 3.00 bits per heavy atom. The molecule has 0 aliphatic rings. The third-order valence-electron chi connectivity index (χ3n) is 2.65. The molecule has 0 radical (unpaired) electrons. The summed E-state index contributed by atoms with van der Waals surface area (Å²) in [5.41, 5.74) is 1.77. The number of nitrogens with one attached hydrogen (secondary N) is 1. The number of carbonyl (C=O) groups excluding carboxylic acids is 1. The van der Waals surface area contributed by atoms with Crippen molar-refractivity contribution in [2.75, 3.05) is 7.11 Å². The van der Waals surface area contributed by atoms with Crippen molar-refractivity contribution in [1.82, 2.24) is 15.1 Å². The first kappa shape index (κ1) is 12.6. The molecule has 0 saturated heterocycles. The lowest BCUT2D eigenvalue weighted by atomic mass is 10.2. The number of methoxy groups -OCH3 is 1. The second-order valence-electron chi connectivity index (χ2n) is 3.86. The molecule has 0 spiro atoms. The topological polar surface area (TPSA) is 56.1 Å². The van der Waals surface area contributed by atoms with Gasteiger partial charge in [-0.2, -0.15) is 5.10 Å². The molecule has 0 saturated carbocycles. The van der Waals surface area contributed by atoms with E-state index in [4.69, 9.17) is 4.74 Å². The normalized spacial score (nSPS) is 10.4. The quantitative estimate of drug-likeness (QED) is 0.916. The minimum Gasteiger partial charge on any atom is -0.481 e. The van der Waals surface area contributed by atoms with Crippen LogP contribution in [0.4, 0.5) is 0 Å². The van der Waals surface area contributed by atoms with Crippen molar-refractivity contribution in [2.45, 2.75) is 13.5 Å². The zero-order valence-corrected chi connectivity index (χ0v) is 11.4. The molecule has 0 unspecified atom stereocenters. The molecule has 2 aromatic heterocycles. The molecule has 18 heavy (non-hydrogen) atoms. The molecular formula is C12H15N3O2S. The van der Waals surface area contributed by atoms with Crippen molar-refractivity contribution in [3.8, 4) is 5.88 Å². The third-order valence-corrected chi connectivity index (χ3v) is 3.52. The molecule has 0 aliphatic carbocycles. The van der Waals surface area contributed by atoms with E-state index in [-0.39, 0.29) is 5.91 Å². The number of amides is 1. The summed E-state index contributed by atoms with van der Waals surface area (Å²) in [6, 6.07) is 3.66. The molecule has 1 amide bonds. The Balaban J connectivity index is 2.09. The molecule has 0 aliphatic heterocycles. The first-order valence-electron chi connectivity index (χ1n) is 5.51. The Bertz CT molecular complexity index is 546. The Morgan fingerprint density at radius 2 is 2.39 bits per heavy atom. The smallest absolute Gasteiger partial charge is 0.261 e. The van der Waals surface area contributed by atoms with Crippen LogP contribution in [0.3, 0.4) is 0 Å². The summed E-state index contributed by atoms with van der Waals surface area (Å²) >= 11 is 1.42. The van der Waals surface area contributed by atoms with Crippen LogP contribution >= 0.6 is 11.3 Å². The van der Waals surface area contributed by atoms with E-state index in [0.29, 0.717) is 17.3 Å². The van der Waals surface area contributed by atoms with Gasteiger partial charge in [0.05, 0.1) is 29.8 Å². The molecule has 0 fully saturated rings. The summed E-state index contributed by atoms with van der Waals surface area (Å²) in [6.07, 6.45) is 0. The summed E-state index contributed by atoms with van der Waals surface area (Å²) in [5.74, 6) is 0.606. The van der Waals surface area contributed by atoms with Gasteiger partial charge in [-0.1, -0.05) is 6.07 Å². The van der Waals surface area contributed by atoms with Crippen molar-refractivity contribution < 1.29 is 9.53 Å². The van der Waals surface area contributed by atoms with Gasteiger partial charge in [-0.25, -0.2) is 4.68 Å². The highest BCUT2D eigenvalue weighted by molar-refractivity contribution is 7.12. The van der Waals surface area contributed by atoms with Crippen LogP contribution in [0.15, 0.2) is 17.5 Å². The van der Waals surface area contributed by atoms with E-state index in [1.165, 1.54) is 11.3 Å². The number of carbonyl (C=O) groups is 1. The van der Waals surface area contributed by atoms with E-state index >= 15 is 0 Å². The number of aromatic nitrogens is 2. The number of rotatable bonds is 4. The fourth-order valence-corrected chi connectivity index (χ4v) is 2.44. The minimum absolute atomic E-state index is 0.0738. The Morgan fingerprint density at radius 1 is 1.61 bits per heavy atom. The Labute approximate surface area is 109 Å². The Kier molecular flexibility index (Phi) is 3.66. The van der Waals surface area contributed by atoms with Gasteiger partial charge in [0, 0.05) is 7.05 Å². The van der Waals surface area contributed by atoms with E-state index in [1.54, 1.807) is 17.9 Å². The van der Waals surface area contributed by atoms with E-state index < -0.39 is 0 Å². The highest BCUT2D eigenvalue weighted by Crippen LogP contribution is 2.20. The summed E-state index contributed by atoms with van der Waals surface area (Å²) < 4.78 is 6.94. The average Bonchev–Trinajstić information content (AvgIpc) is 2.94. The van der Waals surface area contributed by atoms with E-state index in [2.05, 4.69) is 10.4 Å². The van der Waals surface area contributed by atoms with Crippen LogP contribution in [0.25, 0.3) is 0 Å². The molecular weight excluding hydrogens is 250 g/mol. The molecule has 2 aromatic rings. The predicted molar refractivity (Wildman–Crippen MR) is 70.0 cm³/mol. The molecule has 0 aromatic carbocycles. The number of ether oxygens (including phenoxy) is 1. The fourth-order valence-electron chi connectivity index (χ4n) is 1.80. The van der Waals surface area contributed by atoms with Crippen LogP contribution in [0.5, 0.6) is 5.88 Å². The van der Waals surface area contributed by atoms with Gasteiger partial charge in [0.15, 0.2) is 0 Å². The maximum atomic E-state index is 11.8. The first-order chi connectivity index (χ1) is 8.63. The number of hydrogen-bond acceptors (Lipinski definition) is 4. The van der Waals surface area contributed by atoms with Gasteiger partial charge in [-0.05, 0) is 18.4 Å². The van der Waals surface area contributed by atoms with E-state index in [0.717, 1.165) is 11.3 Å². The second kappa shape index (κ2) is 5.22. The summed E-state index contributed by atoms with van der Waals surface area (Å²) in [4.78, 5) is 12.5. The van der Waals surface area contributed by atoms with E-state index in [1.807, 2.05) is 25.4 Å². The second-order valence-corrected chi connectivity index (χ2v) is 4.80. The molecule has 1 N–H and O–H groups in total. The van der Waals surface area contributed by atoms with Gasteiger partial charge >= 0.3 is 0 Å². The fraction of sp³-hybridized carbons (Fsp3) is 0.333. The minimum atomic E-state index is -0.0738. The number of aryl methyl sites for hydroxylation is 2. The number of hydrogen-bond donors (Lipinski definition) is 1. The lowest BCUT2D eigenvalue weighted by Gasteiger charge is -2.06. The standard InChI is InChI=1S/C12H15N3O2S/c1-8-9(12(17-3)15(2)14-8)7-13-11(16)10-5-4-6-18-10/h4-6H,7H2,1-3H3,(H,13,16). The van der Waals surface area contributed by atoms with Crippen molar-refractivity contribution in [1.29, 1.82) is 0 Å². The zero-order chi connectivity index (χ0) is 13.1. The van der Waals surface area contributed by atoms with Gasteiger partial charge in [-0.3, -0.25) is 4.79 Å². The molecule has 2 rings (SSSR count). The van der Waals surface area contributed by atoms with Crippen LogP contribution in [-0.2, 0) is 13.6 Å². The molecule has 96 valence electrons. The van der Waals surface area contributed by atoms with Gasteiger partial charge in [-0.15, -0.1) is 11.3 Å². The summed E-state index contributed by atoms with van der Waals surface area (Å²) in [6.45, 7) is 2.31. The SMILES string of the molecule is COc1c(CNC(=O)c2cccs2)c(C)nn1C. The molecule has 6 heteroatoms. The van der Waals surface area contributed by atoms with Crippen LogP contribution in [-0.4, -0.2) is 22.8 Å². The van der Waals surface area contributed by atoms with Crippen LogP contribution < -0.4 is 10.1 Å². The third kappa shape index (κ3) is 2.38. The molecule has 5 nitrogen and oxygen atoms in total. The van der Waals surface area contributed by atoms with Crippen molar-refractivity contribution >= 4 is 17.2 Å². The Hall–Kier alpha value is -1.82. The van der Waals surface area contributed by atoms with Gasteiger partial charge < -0.3 is 10.1 Å². The highest BCUT2D eigenvalue weighted by Gasteiger charge is 2.15. The van der Waals surface area contributed by atoms with Crippen LogP contribution in [0, 0.1) is 6.92 Å². The maximum Gasteiger partial charge on any atom is 0.261 e. The van der Waals surface area contributed by atoms with Crippen molar-refractivity contribution in [3.63, 3.8) is 0 Å². The summed E-state index contributed by atoms with van der Waals surface area (Å²) in [7, 11) is 3.41. The van der Waals surface area contributed by atoms with Crippen molar-refractivity contribution in [3.05, 3.63) is 33.6 Å². The average molecular weight is 265 g/mol. The largest absolute Gasteiger partial charge is 0.481 e. The number of nitrogens with zero attached hydrogens (tertiary/aromatic N) is 2. The zero-order valence-electron chi connectivity index (χ0n) is 10.6. The van der Waals surface area contributed by atoms with Crippen molar-refractivity contribution in [2.24, 2.45) is 7.05 Å². The van der Waals surface area contributed by atoms with Gasteiger partial charge in [0.25, 0.3) is 5.91 Å². The first-order valence-corrected chi connectivity index (χ1v) is 6.39. The van der Waals surface area contributed by atoms with Gasteiger partial charge in [0.1, 0.15) is 0 Å². The number of thiophene rings is 1. The van der Waals surface area contributed by atoms with E-state index in [9.17, 15) is 4.79 Å². The van der Waals surface area contributed by atoms with Gasteiger partial charge in [0.2, 0.25) is 5.88 Å². The van der Waals surface area contributed by atoms with Crippen LogP contribution in [0.2, 0.25) is 0 Å². The molecule has 0 bridgehead atoms. The monoisotopic (exact) mass is 265 g/mol. The maximum absolute atomic E-state index is 11.8. The lowest BCUT2D eigenvalue weighted by Crippen LogP contribution is -2.22.